The van der Waals surface area contributed by atoms with Gasteiger partial charge in [0.15, 0.2) is 5.78 Å². The van der Waals surface area contributed by atoms with Crippen molar-refractivity contribution in [3.63, 3.8) is 0 Å². The largest absolute Gasteiger partial charge is 0.471 e. The van der Waals surface area contributed by atoms with Crippen LogP contribution in [-0.4, -0.2) is 47.0 Å². The lowest BCUT2D eigenvalue weighted by Crippen LogP contribution is -2.32. The highest BCUT2D eigenvalue weighted by Gasteiger charge is 2.38. The Hall–Kier alpha value is -3.01. The van der Waals surface area contributed by atoms with Gasteiger partial charge in [0, 0.05) is 31.8 Å². The maximum Gasteiger partial charge on any atom is 0.471 e. The Morgan fingerprint density at radius 1 is 1.21 bits per heavy atom. The number of amides is 1. The Morgan fingerprint density at radius 2 is 1.89 bits per heavy atom. The number of aromatic nitrogens is 2. The van der Waals surface area contributed by atoms with Crippen molar-refractivity contribution in [1.82, 2.24) is 15.0 Å². The van der Waals surface area contributed by atoms with Gasteiger partial charge in [-0.3, -0.25) is 9.59 Å². The monoisotopic (exact) mass is 397 g/mol. The average Bonchev–Trinajstić information content (AvgIpc) is 3.14. The van der Waals surface area contributed by atoms with E-state index in [1.807, 2.05) is 0 Å². The van der Waals surface area contributed by atoms with E-state index < -0.39 is 12.1 Å². The molecule has 0 saturated carbocycles. The van der Waals surface area contributed by atoms with Crippen LogP contribution in [0.3, 0.4) is 0 Å². The lowest BCUT2D eigenvalue weighted by Gasteiger charge is -2.21. The highest BCUT2D eigenvalue weighted by Crippen LogP contribution is 2.29. The average molecular weight is 397 g/mol. The Bertz CT molecular complexity index is 845. The first-order valence-corrected chi connectivity index (χ1v) is 8.17. The van der Waals surface area contributed by atoms with E-state index in [0.717, 1.165) is 5.56 Å². The van der Waals surface area contributed by atoms with Crippen molar-refractivity contribution in [3.05, 3.63) is 47.9 Å². The number of carbonyl (C=O) groups is 2. The van der Waals surface area contributed by atoms with Crippen molar-refractivity contribution in [2.75, 3.05) is 20.3 Å². The minimum atomic E-state index is -4.71. The number of nitrogens with zero attached hydrogens (tertiary/aromatic N) is 3. The van der Waals surface area contributed by atoms with E-state index >= 15 is 0 Å². The molecule has 0 fully saturated rings. The van der Waals surface area contributed by atoms with E-state index in [9.17, 15) is 22.8 Å². The Morgan fingerprint density at radius 3 is 2.43 bits per heavy atom. The fourth-order valence-electron chi connectivity index (χ4n) is 2.20. The van der Waals surface area contributed by atoms with Crippen molar-refractivity contribution in [2.24, 2.45) is 0 Å². The number of rotatable bonds is 8. The number of methoxy groups -OCH3 is 1. The smallest absolute Gasteiger partial charge is 0.383 e. The minimum Gasteiger partial charge on any atom is -0.383 e. The van der Waals surface area contributed by atoms with Crippen LogP contribution in [0.15, 0.2) is 40.9 Å². The van der Waals surface area contributed by atoms with E-state index in [2.05, 4.69) is 14.7 Å². The number of ketones is 1. The van der Waals surface area contributed by atoms with Gasteiger partial charge in [0.05, 0.1) is 6.61 Å². The molecule has 0 spiro atoms. The summed E-state index contributed by atoms with van der Waals surface area (Å²) in [6, 6.07) is 6.34. The molecule has 0 bridgehead atoms. The molecule has 2 rings (SSSR count). The number of carbonyl (C=O) groups excluding carboxylic acids is 2. The van der Waals surface area contributed by atoms with Gasteiger partial charge in [-0.2, -0.15) is 18.2 Å². The quantitative estimate of drug-likeness (QED) is 0.637. The Kier molecular flexibility index (Phi) is 7.05. The maximum absolute atomic E-state index is 12.5. The summed E-state index contributed by atoms with van der Waals surface area (Å²) in [4.78, 5) is 28.0. The third kappa shape index (κ3) is 6.02. The summed E-state index contributed by atoms with van der Waals surface area (Å²) < 4.78 is 46.8. The molecule has 0 radical (unpaired) electrons. The van der Waals surface area contributed by atoms with Crippen molar-refractivity contribution < 1.29 is 32.0 Å². The molecule has 1 aromatic carbocycles. The van der Waals surface area contributed by atoms with Gasteiger partial charge < -0.3 is 14.2 Å². The highest BCUT2D eigenvalue weighted by molar-refractivity contribution is 5.96. The molecule has 1 heterocycles. The lowest BCUT2D eigenvalue weighted by molar-refractivity contribution is -0.159. The van der Waals surface area contributed by atoms with Crippen LogP contribution in [0.4, 0.5) is 13.2 Å². The van der Waals surface area contributed by atoms with Crippen molar-refractivity contribution >= 4 is 11.7 Å². The van der Waals surface area contributed by atoms with E-state index in [1.54, 1.807) is 12.1 Å². The topological polar surface area (TPSA) is 85.5 Å². The molecule has 1 amide bonds. The molecule has 28 heavy (non-hydrogen) atoms. The third-order valence-electron chi connectivity index (χ3n) is 3.59. The first-order chi connectivity index (χ1) is 13.2. The number of allylic oxidation sites excluding steroid dienone is 1. The summed E-state index contributed by atoms with van der Waals surface area (Å²) >= 11 is 0. The van der Waals surface area contributed by atoms with Crippen LogP contribution in [0.5, 0.6) is 0 Å². The van der Waals surface area contributed by atoms with E-state index in [-0.39, 0.29) is 24.1 Å². The third-order valence-corrected chi connectivity index (χ3v) is 3.59. The first kappa shape index (κ1) is 21.3. The zero-order valence-corrected chi connectivity index (χ0v) is 15.2. The second kappa shape index (κ2) is 9.27. The summed E-state index contributed by atoms with van der Waals surface area (Å²) in [5, 5.41) is 3.32. The number of alkyl halides is 3. The molecule has 0 aliphatic heterocycles. The molecule has 1 aromatic heterocycles. The number of halogens is 3. The molecule has 150 valence electrons. The van der Waals surface area contributed by atoms with Crippen LogP contribution in [0, 0.1) is 0 Å². The van der Waals surface area contributed by atoms with Gasteiger partial charge in [0.2, 0.25) is 11.7 Å². The molecule has 0 atom stereocenters. The Labute approximate surface area is 158 Å². The first-order valence-electron chi connectivity index (χ1n) is 8.17. The molecule has 0 aliphatic rings. The maximum atomic E-state index is 12.5. The highest BCUT2D eigenvalue weighted by atomic mass is 19.4. The molecule has 7 nitrogen and oxygen atoms in total. The molecular weight excluding hydrogens is 379 g/mol. The van der Waals surface area contributed by atoms with Crippen LogP contribution < -0.4 is 0 Å². The van der Waals surface area contributed by atoms with E-state index in [4.69, 9.17) is 4.74 Å². The van der Waals surface area contributed by atoms with Gasteiger partial charge in [-0.05, 0) is 18.6 Å². The van der Waals surface area contributed by atoms with Gasteiger partial charge in [0.25, 0.3) is 0 Å². The van der Waals surface area contributed by atoms with Crippen molar-refractivity contribution in [3.8, 4) is 11.4 Å². The lowest BCUT2D eigenvalue weighted by atomic mass is 10.1. The van der Waals surface area contributed by atoms with Gasteiger partial charge >= 0.3 is 12.1 Å². The zero-order valence-electron chi connectivity index (χ0n) is 15.2. The number of hydrogen-bond donors (Lipinski definition) is 0. The minimum absolute atomic E-state index is 0.185. The normalized spacial score (nSPS) is 11.8. The fourth-order valence-corrected chi connectivity index (χ4v) is 2.20. The predicted octanol–water partition coefficient (Wildman–Crippen LogP) is 2.88. The second-order valence-corrected chi connectivity index (χ2v) is 5.81. The van der Waals surface area contributed by atoms with Crippen LogP contribution in [-0.2, 0) is 27.0 Å². The SMILES string of the molecule is COCCN(Cc1ccc(-c2noc(C(F)(F)F)n2)cc1)C(=O)C=CC(C)=O. The number of hydrogen-bond acceptors (Lipinski definition) is 6. The summed E-state index contributed by atoms with van der Waals surface area (Å²) in [6.45, 7) is 2.18. The van der Waals surface area contributed by atoms with Gasteiger partial charge in [-0.1, -0.05) is 29.4 Å². The predicted molar refractivity (Wildman–Crippen MR) is 91.9 cm³/mol. The van der Waals surface area contributed by atoms with E-state index in [1.165, 1.54) is 43.2 Å². The Balaban J connectivity index is 2.12. The second-order valence-electron chi connectivity index (χ2n) is 5.81. The molecule has 0 unspecified atom stereocenters. The number of benzene rings is 1. The van der Waals surface area contributed by atoms with Gasteiger partial charge in [0.1, 0.15) is 0 Å². The molecule has 0 N–H and O–H groups in total. The molecule has 10 heteroatoms. The van der Waals surface area contributed by atoms with Crippen molar-refractivity contribution in [2.45, 2.75) is 19.6 Å². The van der Waals surface area contributed by atoms with Crippen LogP contribution in [0.2, 0.25) is 0 Å². The van der Waals surface area contributed by atoms with Gasteiger partial charge in [-0.25, -0.2) is 0 Å². The number of ether oxygens (including phenoxy) is 1. The summed E-state index contributed by atoms with van der Waals surface area (Å²) in [7, 11) is 1.50. The summed E-state index contributed by atoms with van der Waals surface area (Å²) in [6.07, 6.45) is -2.34. The summed E-state index contributed by atoms with van der Waals surface area (Å²) in [5.41, 5.74) is 1.07. The fraction of sp³-hybridized carbons (Fsp3) is 0.333. The van der Waals surface area contributed by atoms with Crippen molar-refractivity contribution in [1.29, 1.82) is 0 Å². The van der Waals surface area contributed by atoms with Crippen LogP contribution >= 0.6 is 0 Å². The molecule has 2 aromatic rings. The summed E-state index contributed by atoms with van der Waals surface area (Å²) in [5.74, 6) is -2.21. The van der Waals surface area contributed by atoms with Crippen LogP contribution in [0.25, 0.3) is 11.4 Å². The molecular formula is C18H18F3N3O4. The molecule has 0 aliphatic carbocycles. The zero-order chi connectivity index (χ0) is 20.7. The van der Waals surface area contributed by atoms with Gasteiger partial charge in [-0.15, -0.1) is 0 Å². The van der Waals surface area contributed by atoms with E-state index in [0.29, 0.717) is 18.7 Å². The standard InChI is InChI=1S/C18H18F3N3O4/c1-12(25)3-8-15(26)24(9-10-27-2)11-13-4-6-14(7-5-13)16-22-17(28-23-16)18(19,20)21/h3-8H,9-11H2,1-2H3. The molecule has 0 saturated heterocycles. The van der Waals surface area contributed by atoms with Crippen LogP contribution in [0.1, 0.15) is 18.4 Å².